The van der Waals surface area contributed by atoms with Crippen molar-refractivity contribution in [2.24, 2.45) is 0 Å². The normalized spacial score (nSPS) is 19.8. The van der Waals surface area contributed by atoms with Crippen LogP contribution in [0.15, 0.2) is 66.7 Å². The van der Waals surface area contributed by atoms with Crippen LogP contribution in [-0.4, -0.2) is 35.5 Å². The molecule has 0 fully saturated rings. The summed E-state index contributed by atoms with van der Waals surface area (Å²) in [7, 11) is 0. The fourth-order valence-electron chi connectivity index (χ4n) is 4.99. The Morgan fingerprint density at radius 3 is 2.36 bits per heavy atom. The second kappa shape index (κ2) is 8.08. The zero-order valence-electron chi connectivity index (χ0n) is 19.0. The average Bonchev–Trinajstić information content (AvgIpc) is 3.11. The number of ether oxygens (including phenoxy) is 2. The van der Waals surface area contributed by atoms with Crippen molar-refractivity contribution in [3.63, 3.8) is 0 Å². The summed E-state index contributed by atoms with van der Waals surface area (Å²) in [4.78, 5) is 14.5. The molecule has 2 aliphatic heterocycles. The lowest BCUT2D eigenvalue weighted by Crippen LogP contribution is -2.46. The predicted molar refractivity (Wildman–Crippen MR) is 130 cm³/mol. The van der Waals surface area contributed by atoms with Crippen LogP contribution in [0.2, 0.25) is 0 Å². The Bertz CT molecular complexity index is 1220. The number of hydrogen-bond donors (Lipinski definition) is 1. The number of alkyl halides is 1. The molecule has 0 radical (unpaired) electrons. The Kier molecular flexibility index (Phi) is 5.34. The van der Waals surface area contributed by atoms with Gasteiger partial charge in [-0.25, -0.2) is 4.79 Å². The smallest absolute Gasteiger partial charge is 0.340 e. The summed E-state index contributed by atoms with van der Waals surface area (Å²) in [5, 5.41) is 3.45. The first kappa shape index (κ1) is 21.8. The van der Waals surface area contributed by atoms with Gasteiger partial charge in [0.15, 0.2) is 5.60 Å². The minimum atomic E-state index is -1.03. The molecular weight excluding hydrogens is 436 g/mol. The fourth-order valence-corrected chi connectivity index (χ4v) is 5.30. The van der Waals surface area contributed by atoms with E-state index in [4.69, 9.17) is 21.1 Å². The van der Waals surface area contributed by atoms with E-state index in [1.807, 2.05) is 73.7 Å². The summed E-state index contributed by atoms with van der Waals surface area (Å²) in [5.41, 5.74) is 2.91. The van der Waals surface area contributed by atoms with Crippen LogP contribution in [0.5, 0.6) is 11.5 Å². The minimum absolute atomic E-state index is 0.326. The molecule has 0 saturated carbocycles. The van der Waals surface area contributed by atoms with Crippen molar-refractivity contribution in [3.8, 4) is 11.5 Å². The topological polar surface area (TPSA) is 50.8 Å². The van der Waals surface area contributed by atoms with Gasteiger partial charge in [-0.15, -0.1) is 11.6 Å². The van der Waals surface area contributed by atoms with Gasteiger partial charge in [0.25, 0.3) is 0 Å². The Hall–Kier alpha value is -3.02. The summed E-state index contributed by atoms with van der Waals surface area (Å²) >= 11 is 6.81. The van der Waals surface area contributed by atoms with Gasteiger partial charge in [-0.1, -0.05) is 50.2 Å². The van der Waals surface area contributed by atoms with Crippen molar-refractivity contribution in [2.75, 3.05) is 25.0 Å². The van der Waals surface area contributed by atoms with Gasteiger partial charge in [-0.3, -0.25) is 4.90 Å². The molecule has 6 heteroatoms. The molecule has 3 aromatic carbocycles. The summed E-state index contributed by atoms with van der Waals surface area (Å²) < 4.78 is 12.5. The number of esters is 1. The Morgan fingerprint density at radius 2 is 1.61 bits per heavy atom. The van der Waals surface area contributed by atoms with Gasteiger partial charge in [-0.05, 0) is 44.3 Å². The molecule has 0 saturated heterocycles. The summed E-state index contributed by atoms with van der Waals surface area (Å²) in [6.45, 7) is 8.53. The van der Waals surface area contributed by atoms with E-state index in [0.29, 0.717) is 23.6 Å². The quantitative estimate of drug-likeness (QED) is 0.278. The SMILES string of the molecule is CCN(CC)C(C)(Cl)CNc1ccc2c(c1)Oc1ccccc1C21OC(=O)c2ccccc21. The predicted octanol–water partition coefficient (Wildman–Crippen LogP) is 5.96. The number of rotatable bonds is 6. The standard InChI is InChI=1S/C27H27ClN2O3/c1-4-30(5-2)26(3,28)17-29-18-14-15-22-24(16-18)32-23-13-9-8-12-21(23)27(22)20-11-7-6-10-19(20)25(31)33-27/h6-16,29H,4-5,17H2,1-3H3. The molecule has 2 heterocycles. The highest BCUT2D eigenvalue weighted by molar-refractivity contribution is 6.23. The van der Waals surface area contributed by atoms with Crippen molar-refractivity contribution >= 4 is 23.3 Å². The van der Waals surface area contributed by atoms with Crippen molar-refractivity contribution in [1.29, 1.82) is 0 Å². The second-order valence-corrected chi connectivity index (χ2v) is 9.41. The highest BCUT2D eigenvalue weighted by Gasteiger charge is 2.53. The van der Waals surface area contributed by atoms with Gasteiger partial charge >= 0.3 is 5.97 Å². The van der Waals surface area contributed by atoms with Crippen LogP contribution in [0.25, 0.3) is 0 Å². The van der Waals surface area contributed by atoms with Crippen LogP contribution < -0.4 is 10.1 Å². The van der Waals surface area contributed by atoms with Crippen molar-refractivity contribution in [1.82, 2.24) is 4.90 Å². The molecule has 3 aromatic rings. The van der Waals surface area contributed by atoms with E-state index in [9.17, 15) is 4.79 Å². The zero-order valence-corrected chi connectivity index (χ0v) is 19.8. The number of nitrogens with one attached hydrogen (secondary N) is 1. The zero-order chi connectivity index (χ0) is 23.2. The first-order valence-corrected chi connectivity index (χ1v) is 11.7. The molecule has 5 nitrogen and oxygen atoms in total. The van der Waals surface area contributed by atoms with E-state index >= 15 is 0 Å². The molecular formula is C27H27ClN2O3. The van der Waals surface area contributed by atoms with Crippen LogP contribution >= 0.6 is 11.6 Å². The fraction of sp³-hybridized carbons (Fsp3) is 0.296. The summed E-state index contributed by atoms with van der Waals surface area (Å²) in [6, 6.07) is 21.2. The maximum atomic E-state index is 12.9. The molecule has 2 unspecified atom stereocenters. The number of fused-ring (bicyclic) bond motifs is 6. The number of hydrogen-bond acceptors (Lipinski definition) is 5. The first-order chi connectivity index (χ1) is 15.9. The molecule has 5 rings (SSSR count). The number of anilines is 1. The van der Waals surface area contributed by atoms with Crippen LogP contribution in [0.4, 0.5) is 5.69 Å². The Labute approximate surface area is 199 Å². The Morgan fingerprint density at radius 1 is 0.939 bits per heavy atom. The maximum Gasteiger partial charge on any atom is 0.340 e. The molecule has 170 valence electrons. The lowest BCUT2D eigenvalue weighted by molar-refractivity contribution is 0.0224. The third-order valence-corrected chi connectivity index (χ3v) is 7.03. The number of carbonyl (C=O) groups excluding carboxylic acids is 1. The van der Waals surface area contributed by atoms with Crippen LogP contribution in [-0.2, 0) is 10.3 Å². The maximum absolute atomic E-state index is 12.9. The van der Waals surface area contributed by atoms with Gasteiger partial charge in [0.1, 0.15) is 16.5 Å². The third-order valence-electron chi connectivity index (χ3n) is 6.66. The highest BCUT2D eigenvalue weighted by atomic mass is 35.5. The molecule has 0 aromatic heterocycles. The number of para-hydroxylation sites is 1. The molecule has 2 aliphatic rings. The van der Waals surface area contributed by atoms with Gasteiger partial charge in [-0.2, -0.15) is 0 Å². The minimum Gasteiger partial charge on any atom is -0.456 e. The van der Waals surface area contributed by atoms with E-state index in [1.165, 1.54) is 0 Å². The molecule has 0 bridgehead atoms. The molecule has 0 amide bonds. The molecule has 1 N–H and O–H groups in total. The molecule has 2 atom stereocenters. The van der Waals surface area contributed by atoms with Crippen molar-refractivity contribution in [3.05, 3.63) is 89.0 Å². The van der Waals surface area contributed by atoms with Gasteiger partial charge < -0.3 is 14.8 Å². The van der Waals surface area contributed by atoms with E-state index in [-0.39, 0.29) is 5.97 Å². The number of nitrogens with zero attached hydrogens (tertiary/aromatic N) is 1. The van der Waals surface area contributed by atoms with E-state index < -0.39 is 10.6 Å². The first-order valence-electron chi connectivity index (χ1n) is 11.3. The van der Waals surface area contributed by atoms with Crippen LogP contribution in [0.1, 0.15) is 47.8 Å². The molecule has 1 spiro atoms. The van der Waals surface area contributed by atoms with E-state index in [2.05, 4.69) is 24.1 Å². The molecule has 33 heavy (non-hydrogen) atoms. The highest BCUT2D eigenvalue weighted by Crippen LogP contribution is 2.56. The summed E-state index contributed by atoms with van der Waals surface area (Å²) in [5.74, 6) is 1.01. The number of likely N-dealkylation sites (N-methyl/N-ethyl adjacent to an activating group) is 1. The van der Waals surface area contributed by atoms with Crippen LogP contribution in [0, 0.1) is 0 Å². The number of carbonyl (C=O) groups is 1. The monoisotopic (exact) mass is 462 g/mol. The van der Waals surface area contributed by atoms with Crippen molar-refractivity contribution < 1.29 is 14.3 Å². The summed E-state index contributed by atoms with van der Waals surface area (Å²) in [6.07, 6.45) is 0. The number of halogens is 1. The van der Waals surface area contributed by atoms with E-state index in [1.54, 1.807) is 0 Å². The largest absolute Gasteiger partial charge is 0.456 e. The van der Waals surface area contributed by atoms with Gasteiger partial charge in [0.2, 0.25) is 0 Å². The van der Waals surface area contributed by atoms with E-state index in [0.717, 1.165) is 35.5 Å². The van der Waals surface area contributed by atoms with Gasteiger partial charge in [0, 0.05) is 35.0 Å². The van der Waals surface area contributed by atoms with Crippen LogP contribution in [0.3, 0.4) is 0 Å². The number of benzene rings is 3. The third kappa shape index (κ3) is 3.38. The average molecular weight is 463 g/mol. The van der Waals surface area contributed by atoms with Crippen molar-refractivity contribution in [2.45, 2.75) is 31.4 Å². The van der Waals surface area contributed by atoms with Gasteiger partial charge in [0.05, 0.1) is 5.56 Å². The second-order valence-electron chi connectivity index (χ2n) is 8.59. The lowest BCUT2D eigenvalue weighted by atomic mass is 9.77. The lowest BCUT2D eigenvalue weighted by Gasteiger charge is -2.37. The Balaban J connectivity index is 1.57. The molecule has 0 aliphatic carbocycles.